The molecular formula is C21H22O9. The first-order valence-corrected chi connectivity index (χ1v) is 9.35. The summed E-state index contributed by atoms with van der Waals surface area (Å²) in [6.45, 7) is -0.575. The molecule has 2 aromatic rings. The van der Waals surface area contributed by atoms with Crippen LogP contribution in [0.1, 0.15) is 11.1 Å². The second-order valence-corrected chi connectivity index (χ2v) is 7.22. The number of phenols is 2. The number of aromatic hydroxyl groups is 2. The van der Waals surface area contributed by atoms with Crippen LogP contribution in [0.4, 0.5) is 0 Å². The van der Waals surface area contributed by atoms with E-state index in [2.05, 4.69) is 0 Å². The van der Waals surface area contributed by atoms with Crippen molar-refractivity contribution in [3.8, 4) is 23.0 Å². The van der Waals surface area contributed by atoms with E-state index in [4.69, 9.17) is 14.2 Å². The van der Waals surface area contributed by atoms with Crippen molar-refractivity contribution in [3.05, 3.63) is 53.8 Å². The fraction of sp³-hybridized carbons (Fsp3) is 0.333. The lowest BCUT2D eigenvalue weighted by atomic mass is 9.96. The maximum Gasteiger partial charge on any atom is 0.229 e. The maximum absolute atomic E-state index is 10.5. The zero-order valence-electron chi connectivity index (χ0n) is 15.8. The molecule has 4 rings (SSSR count). The van der Waals surface area contributed by atoms with Crippen LogP contribution in [0.2, 0.25) is 0 Å². The number of benzene rings is 2. The van der Waals surface area contributed by atoms with Crippen LogP contribution in [0, 0.1) is 0 Å². The van der Waals surface area contributed by atoms with Gasteiger partial charge in [-0.15, -0.1) is 0 Å². The van der Waals surface area contributed by atoms with Gasteiger partial charge in [-0.2, -0.15) is 0 Å². The molecule has 2 aromatic carbocycles. The van der Waals surface area contributed by atoms with E-state index in [1.165, 1.54) is 18.4 Å². The number of rotatable bonds is 4. The Hall–Kier alpha value is -2.82. The van der Waals surface area contributed by atoms with Crippen molar-refractivity contribution in [2.75, 3.05) is 6.61 Å². The van der Waals surface area contributed by atoms with Crippen molar-refractivity contribution in [3.63, 3.8) is 0 Å². The van der Waals surface area contributed by atoms with E-state index in [-0.39, 0.29) is 17.2 Å². The molecule has 1 saturated heterocycles. The average Bonchev–Trinajstić information content (AvgIpc) is 2.74. The molecule has 9 nitrogen and oxygen atoms in total. The van der Waals surface area contributed by atoms with Gasteiger partial charge in [0.1, 0.15) is 47.4 Å². The fourth-order valence-corrected chi connectivity index (χ4v) is 3.47. The standard InChI is InChI=1S/C21H22O9/c22-8-17-18(25)19(26)20(27)21(30-17)29-13-6-15(24)14-5-11(9-28-16(14)7-13)10-1-3-12(23)4-2-10/h1-4,6-7,9,17-27H,5,8H2/t17?,18-,19?,20?,21-/m1/s1. The number of fused-ring (bicyclic) bond motifs is 1. The minimum atomic E-state index is -1.57. The Bertz CT molecular complexity index is 938. The van der Waals surface area contributed by atoms with Gasteiger partial charge in [0.05, 0.1) is 12.9 Å². The highest BCUT2D eigenvalue weighted by atomic mass is 16.7. The molecule has 160 valence electrons. The van der Waals surface area contributed by atoms with Gasteiger partial charge < -0.3 is 44.8 Å². The smallest absolute Gasteiger partial charge is 0.229 e. The minimum Gasteiger partial charge on any atom is -0.508 e. The number of allylic oxidation sites excluding steroid dienone is 1. The fourth-order valence-electron chi connectivity index (χ4n) is 3.47. The molecule has 0 amide bonds. The summed E-state index contributed by atoms with van der Waals surface area (Å²) >= 11 is 0. The van der Waals surface area contributed by atoms with Crippen LogP contribution < -0.4 is 9.47 Å². The van der Waals surface area contributed by atoms with Crippen molar-refractivity contribution in [1.82, 2.24) is 0 Å². The summed E-state index contributed by atoms with van der Waals surface area (Å²) in [6, 6.07) is 9.42. The number of aliphatic hydroxyl groups is 4. The van der Waals surface area contributed by atoms with Gasteiger partial charge in [-0.05, 0) is 23.3 Å². The Balaban J connectivity index is 1.53. The molecule has 0 bridgehead atoms. The zero-order valence-corrected chi connectivity index (χ0v) is 15.8. The Morgan fingerprint density at radius 3 is 2.40 bits per heavy atom. The third-order valence-corrected chi connectivity index (χ3v) is 5.19. The molecule has 30 heavy (non-hydrogen) atoms. The van der Waals surface area contributed by atoms with E-state index in [0.717, 1.165) is 11.1 Å². The SMILES string of the molecule is OCC1O[C@@H](Oc2cc(O)c3c(c2)OC=C(c2ccc(O)cc2)C3)C(O)C(O)[C@@H]1O. The largest absolute Gasteiger partial charge is 0.508 e. The molecule has 1 fully saturated rings. The number of ether oxygens (including phenoxy) is 3. The Morgan fingerprint density at radius 1 is 0.967 bits per heavy atom. The lowest BCUT2D eigenvalue weighted by molar-refractivity contribution is -0.277. The number of hydrogen-bond acceptors (Lipinski definition) is 9. The summed E-state index contributed by atoms with van der Waals surface area (Å²) in [7, 11) is 0. The lowest BCUT2D eigenvalue weighted by Gasteiger charge is -2.39. The minimum absolute atomic E-state index is 0.100. The Labute approximate surface area is 171 Å². The predicted molar refractivity (Wildman–Crippen MR) is 103 cm³/mol. The first kappa shape index (κ1) is 20.5. The van der Waals surface area contributed by atoms with Gasteiger partial charge in [-0.25, -0.2) is 0 Å². The van der Waals surface area contributed by atoms with Crippen LogP contribution in [-0.2, 0) is 11.2 Å². The first-order valence-electron chi connectivity index (χ1n) is 9.35. The number of phenolic OH excluding ortho intramolecular Hbond substituents is 2. The second kappa shape index (κ2) is 8.13. The molecule has 2 aliphatic rings. The van der Waals surface area contributed by atoms with Crippen molar-refractivity contribution >= 4 is 5.57 Å². The summed E-state index contributed by atoms with van der Waals surface area (Å²) in [6.07, 6.45) is -5.19. The predicted octanol–water partition coefficient (Wildman–Crippen LogP) is 0.252. The van der Waals surface area contributed by atoms with E-state index in [1.54, 1.807) is 24.3 Å². The third kappa shape index (κ3) is 3.81. The van der Waals surface area contributed by atoms with E-state index < -0.39 is 37.3 Å². The molecule has 0 spiro atoms. The van der Waals surface area contributed by atoms with Gasteiger partial charge in [0.15, 0.2) is 0 Å². The number of aliphatic hydroxyl groups excluding tert-OH is 4. The maximum atomic E-state index is 10.5. The quantitative estimate of drug-likeness (QED) is 0.411. The van der Waals surface area contributed by atoms with Crippen molar-refractivity contribution < 1.29 is 44.8 Å². The summed E-state index contributed by atoms with van der Waals surface area (Å²) < 4.78 is 16.5. The molecule has 0 aliphatic carbocycles. The van der Waals surface area contributed by atoms with Crippen molar-refractivity contribution in [2.24, 2.45) is 0 Å². The lowest BCUT2D eigenvalue weighted by Crippen LogP contribution is -2.60. The van der Waals surface area contributed by atoms with Gasteiger partial charge in [0, 0.05) is 24.1 Å². The summed E-state index contributed by atoms with van der Waals surface area (Å²) in [5.41, 5.74) is 2.17. The van der Waals surface area contributed by atoms with Crippen LogP contribution in [0.25, 0.3) is 5.57 Å². The molecule has 3 unspecified atom stereocenters. The van der Waals surface area contributed by atoms with Crippen LogP contribution in [-0.4, -0.2) is 68.0 Å². The van der Waals surface area contributed by atoms with Gasteiger partial charge in [0.25, 0.3) is 0 Å². The van der Waals surface area contributed by atoms with Crippen molar-refractivity contribution in [1.29, 1.82) is 0 Å². The highest BCUT2D eigenvalue weighted by molar-refractivity contribution is 5.72. The summed E-state index contributed by atoms with van der Waals surface area (Å²) in [5, 5.41) is 59.0. The molecule has 0 aromatic heterocycles. The highest BCUT2D eigenvalue weighted by Crippen LogP contribution is 2.40. The van der Waals surface area contributed by atoms with Crippen LogP contribution >= 0.6 is 0 Å². The molecule has 9 heteroatoms. The first-order chi connectivity index (χ1) is 14.4. The Kier molecular flexibility index (Phi) is 5.54. The Morgan fingerprint density at radius 2 is 1.70 bits per heavy atom. The molecule has 0 saturated carbocycles. The van der Waals surface area contributed by atoms with Gasteiger partial charge in [-0.3, -0.25) is 0 Å². The molecule has 0 radical (unpaired) electrons. The van der Waals surface area contributed by atoms with E-state index in [1.807, 2.05) is 0 Å². The number of hydrogen-bond donors (Lipinski definition) is 6. The normalized spacial score (nSPS) is 28.3. The second-order valence-electron chi connectivity index (χ2n) is 7.22. The van der Waals surface area contributed by atoms with Gasteiger partial charge in [-0.1, -0.05) is 12.1 Å². The van der Waals surface area contributed by atoms with Crippen molar-refractivity contribution in [2.45, 2.75) is 37.1 Å². The van der Waals surface area contributed by atoms with E-state index in [0.29, 0.717) is 17.7 Å². The molecule has 2 aliphatic heterocycles. The molecular weight excluding hydrogens is 396 g/mol. The van der Waals surface area contributed by atoms with Crippen LogP contribution in [0.3, 0.4) is 0 Å². The topological polar surface area (TPSA) is 149 Å². The zero-order chi connectivity index (χ0) is 21.4. The molecule has 2 heterocycles. The molecule has 5 atom stereocenters. The van der Waals surface area contributed by atoms with Crippen LogP contribution in [0.15, 0.2) is 42.7 Å². The summed E-state index contributed by atoms with van der Waals surface area (Å²) in [5.74, 6) is 0.500. The van der Waals surface area contributed by atoms with E-state index in [9.17, 15) is 30.6 Å². The van der Waals surface area contributed by atoms with Crippen LogP contribution in [0.5, 0.6) is 23.0 Å². The highest BCUT2D eigenvalue weighted by Gasteiger charge is 2.44. The average molecular weight is 418 g/mol. The monoisotopic (exact) mass is 418 g/mol. The summed E-state index contributed by atoms with van der Waals surface area (Å²) in [4.78, 5) is 0. The van der Waals surface area contributed by atoms with E-state index >= 15 is 0 Å². The van der Waals surface area contributed by atoms with Gasteiger partial charge >= 0.3 is 0 Å². The van der Waals surface area contributed by atoms with Gasteiger partial charge in [0.2, 0.25) is 6.29 Å². The molecule has 6 N–H and O–H groups in total. The third-order valence-electron chi connectivity index (χ3n) is 5.19.